The van der Waals surface area contributed by atoms with E-state index in [-0.39, 0.29) is 17.0 Å². The van der Waals surface area contributed by atoms with Gasteiger partial charge < -0.3 is 5.32 Å². The molecule has 6 heteroatoms. The van der Waals surface area contributed by atoms with Crippen LogP contribution in [0.2, 0.25) is 0 Å². The van der Waals surface area contributed by atoms with Crippen LogP contribution in [0.15, 0.2) is 54.6 Å². The molecule has 0 aliphatic heterocycles. The van der Waals surface area contributed by atoms with Crippen molar-refractivity contribution in [3.05, 3.63) is 75.8 Å². The van der Waals surface area contributed by atoms with Gasteiger partial charge in [0.05, 0.1) is 4.92 Å². The Morgan fingerprint density at radius 1 is 1.11 bits per heavy atom. The lowest BCUT2D eigenvalue weighted by Gasteiger charge is -2.32. The molecule has 0 atom stereocenters. The molecule has 0 radical (unpaired) electrons. The molecule has 0 aliphatic carbocycles. The highest BCUT2D eigenvalue weighted by Crippen LogP contribution is 2.18. The lowest BCUT2D eigenvalue weighted by molar-refractivity contribution is -0.384. The summed E-state index contributed by atoms with van der Waals surface area (Å²) in [7, 11) is 0. The number of carbonyl (C=O) groups is 1. The van der Waals surface area contributed by atoms with Crippen molar-refractivity contribution in [2.24, 2.45) is 5.41 Å². The number of nitro groups is 1. The minimum Gasteiger partial charge on any atom is -0.351 e. The maximum absolute atomic E-state index is 12.3. The number of rotatable bonds is 9. The monoisotopic (exact) mass is 369 g/mol. The van der Waals surface area contributed by atoms with Gasteiger partial charge in [0.15, 0.2) is 0 Å². The van der Waals surface area contributed by atoms with Crippen LogP contribution in [-0.2, 0) is 6.54 Å². The van der Waals surface area contributed by atoms with Crippen LogP contribution in [0.5, 0.6) is 0 Å². The van der Waals surface area contributed by atoms with E-state index in [9.17, 15) is 14.9 Å². The highest BCUT2D eigenvalue weighted by molar-refractivity contribution is 5.94. The minimum absolute atomic E-state index is 0.0219. The molecule has 0 spiro atoms. The Labute approximate surface area is 160 Å². The predicted molar refractivity (Wildman–Crippen MR) is 107 cm³/mol. The summed E-state index contributed by atoms with van der Waals surface area (Å²) in [5.41, 5.74) is 1.56. The maximum atomic E-state index is 12.3. The van der Waals surface area contributed by atoms with Crippen molar-refractivity contribution in [3.63, 3.8) is 0 Å². The van der Waals surface area contributed by atoms with Gasteiger partial charge in [0.1, 0.15) is 0 Å². The zero-order valence-corrected chi connectivity index (χ0v) is 16.1. The highest BCUT2D eigenvalue weighted by atomic mass is 16.6. The van der Waals surface area contributed by atoms with Crippen molar-refractivity contribution in [2.75, 3.05) is 19.6 Å². The number of hydrogen-bond acceptors (Lipinski definition) is 4. The van der Waals surface area contributed by atoms with E-state index < -0.39 is 4.92 Å². The molecule has 0 aliphatic rings. The molecule has 0 unspecified atom stereocenters. The first-order valence-corrected chi connectivity index (χ1v) is 9.09. The molecule has 1 amide bonds. The van der Waals surface area contributed by atoms with Crippen molar-refractivity contribution >= 4 is 11.6 Å². The van der Waals surface area contributed by atoms with Gasteiger partial charge in [0, 0.05) is 37.3 Å². The van der Waals surface area contributed by atoms with E-state index in [1.807, 2.05) is 18.2 Å². The standard InChI is InChI=1S/C21H27N3O3/c1-4-23(14-17-8-6-5-7-9-17)16-21(2,3)15-22-20(25)18-10-12-19(13-11-18)24(26)27/h5-13H,4,14-16H2,1-3H3,(H,22,25). The molecule has 0 heterocycles. The Hall–Kier alpha value is -2.73. The molecule has 1 N–H and O–H groups in total. The van der Waals surface area contributed by atoms with Crippen LogP contribution in [0, 0.1) is 15.5 Å². The normalized spacial score (nSPS) is 11.4. The van der Waals surface area contributed by atoms with Gasteiger partial charge in [-0.3, -0.25) is 19.8 Å². The van der Waals surface area contributed by atoms with Crippen LogP contribution in [-0.4, -0.2) is 35.4 Å². The van der Waals surface area contributed by atoms with E-state index >= 15 is 0 Å². The van der Waals surface area contributed by atoms with E-state index in [1.165, 1.54) is 29.8 Å². The third-order valence-corrected chi connectivity index (χ3v) is 4.42. The average molecular weight is 369 g/mol. The Morgan fingerprint density at radius 3 is 2.30 bits per heavy atom. The van der Waals surface area contributed by atoms with E-state index in [0.29, 0.717) is 12.1 Å². The summed E-state index contributed by atoms with van der Waals surface area (Å²) < 4.78 is 0. The fraction of sp³-hybridized carbons (Fsp3) is 0.381. The van der Waals surface area contributed by atoms with Gasteiger partial charge in [-0.1, -0.05) is 51.1 Å². The topological polar surface area (TPSA) is 75.5 Å². The van der Waals surface area contributed by atoms with Crippen LogP contribution < -0.4 is 5.32 Å². The molecule has 2 aromatic carbocycles. The number of nitrogens with zero attached hydrogens (tertiary/aromatic N) is 2. The fourth-order valence-electron chi connectivity index (χ4n) is 2.94. The Morgan fingerprint density at radius 2 is 1.74 bits per heavy atom. The summed E-state index contributed by atoms with van der Waals surface area (Å²) in [6, 6.07) is 16.0. The zero-order chi connectivity index (χ0) is 19.9. The molecule has 144 valence electrons. The summed E-state index contributed by atoms with van der Waals surface area (Å²) >= 11 is 0. The number of nitro benzene ring substituents is 1. The van der Waals surface area contributed by atoms with Gasteiger partial charge in [-0.25, -0.2) is 0 Å². The summed E-state index contributed by atoms with van der Waals surface area (Å²) in [6.45, 7) is 9.54. The molecule has 0 fully saturated rings. The number of amides is 1. The second kappa shape index (κ2) is 9.28. The molecule has 0 saturated heterocycles. The van der Waals surface area contributed by atoms with E-state index in [4.69, 9.17) is 0 Å². The van der Waals surface area contributed by atoms with Crippen LogP contribution in [0.3, 0.4) is 0 Å². The van der Waals surface area contributed by atoms with Crippen molar-refractivity contribution in [2.45, 2.75) is 27.3 Å². The summed E-state index contributed by atoms with van der Waals surface area (Å²) in [5.74, 6) is -0.218. The van der Waals surface area contributed by atoms with Crippen molar-refractivity contribution in [1.29, 1.82) is 0 Å². The lowest BCUT2D eigenvalue weighted by Crippen LogP contribution is -2.42. The van der Waals surface area contributed by atoms with Gasteiger partial charge in [-0.2, -0.15) is 0 Å². The van der Waals surface area contributed by atoms with Gasteiger partial charge in [-0.05, 0) is 29.7 Å². The highest BCUT2D eigenvalue weighted by Gasteiger charge is 2.22. The van der Waals surface area contributed by atoms with Crippen LogP contribution in [0.4, 0.5) is 5.69 Å². The molecule has 2 rings (SSSR count). The van der Waals surface area contributed by atoms with Crippen molar-refractivity contribution in [1.82, 2.24) is 10.2 Å². The second-order valence-corrected chi connectivity index (χ2v) is 7.44. The lowest BCUT2D eigenvalue weighted by atomic mass is 9.92. The van der Waals surface area contributed by atoms with Gasteiger partial charge in [-0.15, -0.1) is 0 Å². The molecular weight excluding hydrogens is 342 g/mol. The first kappa shape index (κ1) is 20.6. The summed E-state index contributed by atoms with van der Waals surface area (Å²) in [5, 5.41) is 13.6. The van der Waals surface area contributed by atoms with Gasteiger partial charge in [0.2, 0.25) is 0 Å². The Bertz CT molecular complexity index is 758. The third kappa shape index (κ3) is 6.49. The van der Waals surface area contributed by atoms with E-state index in [0.717, 1.165) is 19.6 Å². The quantitative estimate of drug-likeness (QED) is 0.538. The number of non-ortho nitro benzene ring substituents is 1. The molecule has 0 saturated carbocycles. The van der Waals surface area contributed by atoms with Crippen LogP contribution >= 0.6 is 0 Å². The smallest absolute Gasteiger partial charge is 0.269 e. The zero-order valence-electron chi connectivity index (χ0n) is 16.1. The van der Waals surface area contributed by atoms with Gasteiger partial charge >= 0.3 is 0 Å². The summed E-state index contributed by atoms with van der Waals surface area (Å²) in [4.78, 5) is 24.9. The second-order valence-electron chi connectivity index (χ2n) is 7.44. The SMILES string of the molecule is CCN(Cc1ccccc1)CC(C)(C)CNC(=O)c1ccc([N+](=O)[O-])cc1. The van der Waals surface area contributed by atoms with E-state index in [1.54, 1.807) is 0 Å². The summed E-state index contributed by atoms with van der Waals surface area (Å²) in [6.07, 6.45) is 0. The fourth-order valence-corrected chi connectivity index (χ4v) is 2.94. The Kier molecular flexibility index (Phi) is 7.07. The number of nitrogens with one attached hydrogen (secondary N) is 1. The number of benzene rings is 2. The largest absolute Gasteiger partial charge is 0.351 e. The van der Waals surface area contributed by atoms with Gasteiger partial charge in [0.25, 0.3) is 11.6 Å². The predicted octanol–water partition coefficient (Wildman–Crippen LogP) is 3.87. The van der Waals surface area contributed by atoms with E-state index in [2.05, 4.69) is 43.1 Å². The Balaban J connectivity index is 1.90. The molecule has 2 aromatic rings. The number of hydrogen-bond donors (Lipinski definition) is 1. The van der Waals surface area contributed by atoms with Crippen LogP contribution in [0.1, 0.15) is 36.7 Å². The number of carbonyl (C=O) groups excluding carboxylic acids is 1. The first-order chi connectivity index (χ1) is 12.8. The van der Waals surface area contributed by atoms with Crippen LogP contribution in [0.25, 0.3) is 0 Å². The molecular formula is C21H27N3O3. The molecule has 0 aromatic heterocycles. The average Bonchev–Trinajstić information content (AvgIpc) is 2.66. The third-order valence-electron chi connectivity index (χ3n) is 4.42. The first-order valence-electron chi connectivity index (χ1n) is 9.09. The molecule has 6 nitrogen and oxygen atoms in total. The maximum Gasteiger partial charge on any atom is 0.269 e. The minimum atomic E-state index is -0.475. The molecule has 27 heavy (non-hydrogen) atoms. The van der Waals surface area contributed by atoms with Crippen molar-refractivity contribution in [3.8, 4) is 0 Å². The molecule has 0 bridgehead atoms. The van der Waals surface area contributed by atoms with Crippen molar-refractivity contribution < 1.29 is 9.72 Å².